The van der Waals surface area contributed by atoms with Gasteiger partial charge in [-0.2, -0.15) is 0 Å². The molecule has 0 amide bonds. The number of hydrogen-bond donors (Lipinski definition) is 0. The molecule has 0 saturated heterocycles. The first kappa shape index (κ1) is 19.4. The molecule has 3 rings (SSSR count). The fraction of sp³-hybridized carbons (Fsp3) is 0.0909. The Hall–Kier alpha value is -2.37. The summed E-state index contributed by atoms with van der Waals surface area (Å²) in [6.07, 6.45) is 0. The van der Waals surface area contributed by atoms with Crippen molar-refractivity contribution in [3.63, 3.8) is 0 Å². The van der Waals surface area contributed by atoms with E-state index in [2.05, 4.69) is 15.9 Å². The Bertz CT molecular complexity index is 913. The van der Waals surface area contributed by atoms with Gasteiger partial charge < -0.3 is 4.74 Å². The molecule has 136 valence electrons. The molecule has 0 aromatic heterocycles. The summed E-state index contributed by atoms with van der Waals surface area (Å²) in [4.78, 5) is 26.1. The van der Waals surface area contributed by atoms with Crippen LogP contribution in [0.15, 0.2) is 94.3 Å². The molecule has 27 heavy (non-hydrogen) atoms. The first-order chi connectivity index (χ1) is 13.1. The molecule has 0 saturated carbocycles. The summed E-state index contributed by atoms with van der Waals surface area (Å²) < 4.78 is 6.06. The van der Waals surface area contributed by atoms with Crippen LogP contribution in [0.3, 0.4) is 0 Å². The highest BCUT2D eigenvalue weighted by Gasteiger charge is 2.24. The second-order valence-corrected chi connectivity index (χ2v) is 7.77. The minimum absolute atomic E-state index is 0.243. The monoisotopic (exact) mass is 440 g/mol. The Kier molecular flexibility index (Phi) is 6.85. The fourth-order valence-corrected chi connectivity index (χ4v) is 4.04. The molecule has 0 aliphatic carbocycles. The van der Waals surface area contributed by atoms with E-state index in [0.717, 1.165) is 10.5 Å². The summed E-state index contributed by atoms with van der Waals surface area (Å²) in [5.41, 5.74) is 1.34. The van der Waals surface area contributed by atoms with E-state index in [1.807, 2.05) is 66.7 Å². The molecule has 5 heteroatoms. The average Bonchev–Trinajstić information content (AvgIpc) is 2.72. The summed E-state index contributed by atoms with van der Waals surface area (Å²) >= 11 is 4.75. The van der Waals surface area contributed by atoms with E-state index in [9.17, 15) is 9.59 Å². The van der Waals surface area contributed by atoms with Crippen molar-refractivity contribution in [1.29, 1.82) is 0 Å². The zero-order valence-corrected chi connectivity index (χ0v) is 16.8. The molecule has 0 N–H and O–H groups in total. The third kappa shape index (κ3) is 5.31. The largest absolute Gasteiger partial charge is 0.456 e. The number of halogens is 1. The van der Waals surface area contributed by atoms with Gasteiger partial charge in [0.1, 0.15) is 5.25 Å². The van der Waals surface area contributed by atoms with Crippen molar-refractivity contribution in [3.8, 4) is 0 Å². The minimum atomic E-state index is -0.541. The first-order valence-corrected chi connectivity index (χ1v) is 10.0. The van der Waals surface area contributed by atoms with Crippen LogP contribution in [0.4, 0.5) is 0 Å². The number of carbonyl (C=O) groups excluding carboxylic acids is 2. The Morgan fingerprint density at radius 3 is 2.11 bits per heavy atom. The summed E-state index contributed by atoms with van der Waals surface area (Å²) in [5.74, 6) is -0.678. The number of rotatable bonds is 7. The first-order valence-electron chi connectivity index (χ1n) is 8.36. The van der Waals surface area contributed by atoms with Crippen molar-refractivity contribution in [1.82, 2.24) is 0 Å². The van der Waals surface area contributed by atoms with Crippen molar-refractivity contribution in [2.45, 2.75) is 10.1 Å². The highest BCUT2D eigenvalue weighted by atomic mass is 79.9. The van der Waals surface area contributed by atoms with E-state index in [1.165, 1.54) is 11.8 Å². The van der Waals surface area contributed by atoms with Gasteiger partial charge in [0.25, 0.3) is 0 Å². The molecule has 0 fully saturated rings. The van der Waals surface area contributed by atoms with Crippen LogP contribution >= 0.6 is 27.7 Å². The number of carbonyl (C=O) groups is 2. The molecular formula is C22H17BrO3S. The van der Waals surface area contributed by atoms with Crippen LogP contribution in [-0.4, -0.2) is 18.4 Å². The van der Waals surface area contributed by atoms with Gasteiger partial charge in [0.2, 0.25) is 5.78 Å². The van der Waals surface area contributed by atoms with Crippen LogP contribution in [0, 0.1) is 0 Å². The smallest absolute Gasteiger partial charge is 0.324 e. The van der Waals surface area contributed by atoms with Crippen LogP contribution in [0.1, 0.15) is 21.2 Å². The van der Waals surface area contributed by atoms with Crippen LogP contribution in [-0.2, 0) is 9.53 Å². The van der Waals surface area contributed by atoms with Gasteiger partial charge in [0, 0.05) is 14.9 Å². The average molecular weight is 441 g/mol. The van der Waals surface area contributed by atoms with E-state index in [0.29, 0.717) is 10.0 Å². The van der Waals surface area contributed by atoms with Crippen LogP contribution in [0.25, 0.3) is 0 Å². The summed E-state index contributed by atoms with van der Waals surface area (Å²) in [5, 5.41) is -0.541. The molecule has 3 aromatic rings. The van der Waals surface area contributed by atoms with Gasteiger partial charge in [0.15, 0.2) is 6.61 Å². The predicted octanol–water partition coefficient (Wildman–Crippen LogP) is 5.71. The number of ketones is 1. The summed E-state index contributed by atoms with van der Waals surface area (Å²) in [6, 6.07) is 26.2. The second-order valence-electron chi connectivity index (χ2n) is 5.73. The third-order valence-electron chi connectivity index (χ3n) is 3.83. The zero-order valence-electron chi connectivity index (χ0n) is 14.4. The van der Waals surface area contributed by atoms with Gasteiger partial charge in [-0.05, 0) is 23.8 Å². The Balaban J connectivity index is 1.73. The molecule has 0 aliphatic rings. The lowest BCUT2D eigenvalue weighted by Gasteiger charge is -2.16. The predicted molar refractivity (Wildman–Crippen MR) is 111 cm³/mol. The van der Waals surface area contributed by atoms with E-state index >= 15 is 0 Å². The number of hydrogen-bond acceptors (Lipinski definition) is 4. The lowest BCUT2D eigenvalue weighted by Crippen LogP contribution is -2.19. The number of benzene rings is 3. The maximum absolute atomic E-state index is 12.8. The fourth-order valence-electron chi connectivity index (χ4n) is 2.49. The summed E-state index contributed by atoms with van der Waals surface area (Å²) in [6.45, 7) is -0.292. The Morgan fingerprint density at radius 2 is 1.44 bits per heavy atom. The lowest BCUT2D eigenvalue weighted by atomic mass is 10.1. The number of esters is 1. The molecule has 1 unspecified atom stereocenters. The normalized spacial score (nSPS) is 11.6. The quantitative estimate of drug-likeness (QED) is 0.268. The SMILES string of the molecule is O=C(COC(=O)C(Sc1ccccc1)c1ccccc1)c1ccccc1Br. The highest BCUT2D eigenvalue weighted by molar-refractivity contribution is 9.10. The molecule has 0 aliphatic heterocycles. The van der Waals surface area contributed by atoms with Gasteiger partial charge in [-0.1, -0.05) is 82.7 Å². The van der Waals surface area contributed by atoms with E-state index in [-0.39, 0.29) is 12.4 Å². The van der Waals surface area contributed by atoms with Gasteiger partial charge in [-0.3, -0.25) is 9.59 Å². The Labute approximate surface area is 170 Å². The van der Waals surface area contributed by atoms with Crippen LogP contribution < -0.4 is 0 Å². The van der Waals surface area contributed by atoms with Crippen molar-refractivity contribution >= 4 is 39.4 Å². The standard InChI is InChI=1S/C22H17BrO3S/c23-19-14-8-7-13-18(19)20(24)15-26-22(25)21(16-9-3-1-4-10-16)27-17-11-5-2-6-12-17/h1-14,21H,15H2. The molecule has 0 spiro atoms. The van der Waals surface area contributed by atoms with Gasteiger partial charge in [-0.25, -0.2) is 0 Å². The zero-order chi connectivity index (χ0) is 19.1. The number of Topliss-reactive ketones (excluding diaryl/α,β-unsaturated/α-hetero) is 1. The molecule has 3 aromatic carbocycles. The second kappa shape index (κ2) is 9.53. The molecular weight excluding hydrogens is 424 g/mol. The van der Waals surface area contributed by atoms with Gasteiger partial charge in [-0.15, -0.1) is 11.8 Å². The topological polar surface area (TPSA) is 43.4 Å². The van der Waals surface area contributed by atoms with Crippen molar-refractivity contribution in [3.05, 3.63) is 101 Å². The molecule has 1 atom stereocenters. The lowest BCUT2D eigenvalue weighted by molar-refractivity contribution is -0.142. The van der Waals surface area contributed by atoms with Gasteiger partial charge in [0.05, 0.1) is 0 Å². The number of ether oxygens (including phenoxy) is 1. The highest BCUT2D eigenvalue weighted by Crippen LogP contribution is 2.36. The van der Waals surface area contributed by atoms with E-state index < -0.39 is 11.2 Å². The van der Waals surface area contributed by atoms with Crippen molar-refractivity contribution in [2.75, 3.05) is 6.61 Å². The molecule has 0 bridgehead atoms. The van der Waals surface area contributed by atoms with Crippen LogP contribution in [0.5, 0.6) is 0 Å². The van der Waals surface area contributed by atoms with E-state index in [1.54, 1.807) is 18.2 Å². The number of thioether (sulfide) groups is 1. The molecule has 0 radical (unpaired) electrons. The van der Waals surface area contributed by atoms with Crippen molar-refractivity contribution < 1.29 is 14.3 Å². The summed E-state index contributed by atoms with van der Waals surface area (Å²) in [7, 11) is 0. The molecule has 0 heterocycles. The minimum Gasteiger partial charge on any atom is -0.456 e. The maximum atomic E-state index is 12.8. The van der Waals surface area contributed by atoms with Crippen molar-refractivity contribution in [2.24, 2.45) is 0 Å². The maximum Gasteiger partial charge on any atom is 0.324 e. The Morgan fingerprint density at radius 1 is 0.852 bits per heavy atom. The van der Waals surface area contributed by atoms with Gasteiger partial charge >= 0.3 is 5.97 Å². The van der Waals surface area contributed by atoms with E-state index in [4.69, 9.17) is 4.74 Å². The van der Waals surface area contributed by atoms with Crippen LogP contribution in [0.2, 0.25) is 0 Å². The third-order valence-corrected chi connectivity index (χ3v) is 5.77. The molecule has 3 nitrogen and oxygen atoms in total.